The molecule has 1 amide bonds. The van der Waals surface area contributed by atoms with Crippen molar-refractivity contribution in [2.75, 3.05) is 18.5 Å². The lowest BCUT2D eigenvalue weighted by Gasteiger charge is -2.29. The Labute approximate surface area is 194 Å². The number of aromatic nitrogens is 3. The van der Waals surface area contributed by atoms with Gasteiger partial charge < -0.3 is 15.4 Å². The molecule has 1 fully saturated rings. The van der Waals surface area contributed by atoms with Crippen molar-refractivity contribution >= 4 is 23.7 Å². The first-order chi connectivity index (χ1) is 16.2. The highest BCUT2D eigenvalue weighted by molar-refractivity contribution is 6.05. The number of benzene rings is 1. The number of aromatic amines is 1. The van der Waals surface area contributed by atoms with Crippen LogP contribution < -0.4 is 15.4 Å². The Hall–Kier alpha value is -3.45. The second-order valence-corrected chi connectivity index (χ2v) is 8.47. The van der Waals surface area contributed by atoms with Crippen molar-refractivity contribution in [2.24, 2.45) is 5.92 Å². The molecular weight excluding hydrogens is 414 g/mol. The van der Waals surface area contributed by atoms with Gasteiger partial charge in [0.1, 0.15) is 11.4 Å². The van der Waals surface area contributed by atoms with Crippen LogP contribution in [0.4, 0.5) is 5.69 Å². The van der Waals surface area contributed by atoms with Crippen molar-refractivity contribution < 1.29 is 9.53 Å². The molecule has 1 aromatic carbocycles. The lowest BCUT2D eigenvalue weighted by Crippen LogP contribution is -2.39. The Morgan fingerprint density at radius 3 is 2.85 bits per heavy atom. The molecule has 0 radical (unpaired) electrons. The largest absolute Gasteiger partial charge is 0.494 e. The number of H-pyrrole nitrogens is 1. The number of rotatable bonds is 9. The molecule has 33 heavy (non-hydrogen) atoms. The molecule has 1 aliphatic heterocycles. The second-order valence-electron chi connectivity index (χ2n) is 8.47. The van der Waals surface area contributed by atoms with E-state index in [-0.39, 0.29) is 5.91 Å². The molecule has 0 unspecified atom stereocenters. The highest BCUT2D eigenvalue weighted by Crippen LogP contribution is 2.21. The van der Waals surface area contributed by atoms with Crippen molar-refractivity contribution in [1.82, 2.24) is 20.5 Å². The number of anilines is 1. The molecule has 0 bridgehead atoms. The van der Waals surface area contributed by atoms with E-state index in [0.717, 1.165) is 24.3 Å². The van der Waals surface area contributed by atoms with E-state index < -0.39 is 0 Å². The van der Waals surface area contributed by atoms with Gasteiger partial charge in [-0.15, -0.1) is 0 Å². The quantitative estimate of drug-likeness (QED) is 0.441. The van der Waals surface area contributed by atoms with E-state index in [1.54, 1.807) is 18.6 Å². The fourth-order valence-corrected chi connectivity index (χ4v) is 4.02. The minimum absolute atomic E-state index is 0.249. The zero-order chi connectivity index (χ0) is 22.9. The van der Waals surface area contributed by atoms with E-state index >= 15 is 0 Å². The van der Waals surface area contributed by atoms with Gasteiger partial charge in [-0.3, -0.25) is 14.9 Å². The number of carbonyl (C=O) groups excluding carboxylic acids is 1. The predicted octanol–water partition coefficient (Wildman–Crippen LogP) is 4.77. The molecule has 3 aromatic rings. The molecule has 4 rings (SSSR count). The number of piperidine rings is 1. The first kappa shape index (κ1) is 22.7. The summed E-state index contributed by atoms with van der Waals surface area (Å²) >= 11 is 0. The normalized spacial score (nSPS) is 17.1. The fourth-order valence-electron chi connectivity index (χ4n) is 4.02. The summed E-state index contributed by atoms with van der Waals surface area (Å²) in [6.07, 6.45) is 13.7. The van der Waals surface area contributed by atoms with Crippen molar-refractivity contribution in [3.8, 4) is 5.75 Å². The standard InChI is InChI=1S/C26H31N5O2/c1-19(24-6-2-3-15-28-24)13-16-33-23-11-9-22(10-12-23)30-26(32)25-21(18-29-31-25)8-7-20-5-4-14-27-17-20/h4-5,7-12,14,17-19,24,28H,2-3,6,13,15-16H2,1H3,(H,29,31)(H,30,32)/b8-7+/t19-,24+/m1/s1. The van der Waals surface area contributed by atoms with Gasteiger partial charge in [0.2, 0.25) is 0 Å². The SMILES string of the molecule is C[C@H](CCOc1ccc(NC(=O)c2[nH]ncc2/C=C/c2cccnc2)cc1)[C@@H]1CCCCN1. The number of amides is 1. The maximum atomic E-state index is 12.7. The van der Waals surface area contributed by atoms with Gasteiger partial charge in [-0.05, 0) is 67.6 Å². The second kappa shape index (κ2) is 11.4. The van der Waals surface area contributed by atoms with E-state index in [1.807, 2.05) is 48.6 Å². The van der Waals surface area contributed by atoms with Gasteiger partial charge in [0, 0.05) is 29.7 Å². The van der Waals surface area contributed by atoms with Crippen molar-refractivity contribution in [1.29, 1.82) is 0 Å². The number of nitrogens with one attached hydrogen (secondary N) is 3. The third-order valence-electron chi connectivity index (χ3n) is 6.02. The maximum absolute atomic E-state index is 12.7. The minimum Gasteiger partial charge on any atom is -0.494 e. The summed E-state index contributed by atoms with van der Waals surface area (Å²) in [6.45, 7) is 4.11. The van der Waals surface area contributed by atoms with Crippen molar-refractivity contribution in [3.05, 3.63) is 71.8 Å². The first-order valence-corrected chi connectivity index (χ1v) is 11.6. The Morgan fingerprint density at radius 2 is 2.09 bits per heavy atom. The van der Waals surface area contributed by atoms with Crippen LogP contribution in [-0.4, -0.2) is 40.3 Å². The number of carbonyl (C=O) groups is 1. The van der Waals surface area contributed by atoms with Gasteiger partial charge in [-0.1, -0.05) is 31.6 Å². The Kier molecular flexibility index (Phi) is 7.87. The lowest BCUT2D eigenvalue weighted by atomic mass is 9.91. The Bertz CT molecular complexity index is 1040. The van der Waals surface area contributed by atoms with Gasteiger partial charge in [-0.25, -0.2) is 0 Å². The van der Waals surface area contributed by atoms with Gasteiger partial charge >= 0.3 is 0 Å². The molecule has 1 saturated heterocycles. The summed E-state index contributed by atoms with van der Waals surface area (Å²) in [5.41, 5.74) is 2.76. The molecule has 3 heterocycles. The molecule has 0 spiro atoms. The first-order valence-electron chi connectivity index (χ1n) is 11.6. The number of nitrogens with zero attached hydrogens (tertiary/aromatic N) is 2. The zero-order valence-corrected chi connectivity index (χ0v) is 19.0. The van der Waals surface area contributed by atoms with Gasteiger partial charge in [0.15, 0.2) is 0 Å². The summed E-state index contributed by atoms with van der Waals surface area (Å²) in [4.78, 5) is 16.8. The van der Waals surface area contributed by atoms with Crippen LogP contribution in [0.1, 0.15) is 54.2 Å². The van der Waals surface area contributed by atoms with Crippen molar-refractivity contribution in [2.45, 2.75) is 38.6 Å². The van der Waals surface area contributed by atoms with Crippen LogP contribution >= 0.6 is 0 Å². The monoisotopic (exact) mass is 445 g/mol. The van der Waals surface area contributed by atoms with Crippen molar-refractivity contribution in [3.63, 3.8) is 0 Å². The third kappa shape index (κ3) is 6.52. The third-order valence-corrected chi connectivity index (χ3v) is 6.02. The molecule has 7 heteroatoms. The maximum Gasteiger partial charge on any atom is 0.274 e. The average Bonchev–Trinajstić information content (AvgIpc) is 3.34. The molecule has 172 valence electrons. The predicted molar refractivity (Wildman–Crippen MR) is 131 cm³/mol. The summed E-state index contributed by atoms with van der Waals surface area (Å²) in [5.74, 6) is 1.15. The zero-order valence-electron chi connectivity index (χ0n) is 19.0. The minimum atomic E-state index is -0.249. The van der Waals surface area contributed by atoms with Gasteiger partial charge in [0.25, 0.3) is 5.91 Å². The highest BCUT2D eigenvalue weighted by Gasteiger charge is 2.19. The summed E-state index contributed by atoms with van der Waals surface area (Å²) < 4.78 is 5.92. The van der Waals surface area contributed by atoms with Crippen LogP contribution in [-0.2, 0) is 0 Å². The van der Waals surface area contributed by atoms with Gasteiger partial charge in [-0.2, -0.15) is 5.10 Å². The van der Waals surface area contributed by atoms with E-state index in [2.05, 4.69) is 32.7 Å². The Balaban J connectivity index is 1.27. The van der Waals surface area contributed by atoms with E-state index in [9.17, 15) is 4.79 Å². The molecule has 1 aliphatic rings. The van der Waals surface area contributed by atoms with Crippen LogP contribution in [0.15, 0.2) is 55.0 Å². The number of ether oxygens (including phenoxy) is 1. The van der Waals surface area contributed by atoms with Crippen LogP contribution in [0.3, 0.4) is 0 Å². The topological polar surface area (TPSA) is 91.9 Å². The van der Waals surface area contributed by atoms with E-state index in [0.29, 0.717) is 35.5 Å². The van der Waals surface area contributed by atoms with E-state index in [1.165, 1.54) is 19.3 Å². The Morgan fingerprint density at radius 1 is 1.21 bits per heavy atom. The molecule has 0 saturated carbocycles. The highest BCUT2D eigenvalue weighted by atomic mass is 16.5. The molecule has 2 aromatic heterocycles. The van der Waals surface area contributed by atoms with Crippen LogP contribution in [0.5, 0.6) is 5.75 Å². The summed E-state index contributed by atoms with van der Waals surface area (Å²) in [6, 6.07) is 11.9. The number of hydrogen-bond acceptors (Lipinski definition) is 5. The molecule has 7 nitrogen and oxygen atoms in total. The van der Waals surface area contributed by atoms with E-state index in [4.69, 9.17) is 4.74 Å². The molecule has 3 N–H and O–H groups in total. The number of pyridine rings is 1. The number of hydrogen-bond donors (Lipinski definition) is 3. The van der Waals surface area contributed by atoms with Gasteiger partial charge in [0.05, 0.1) is 12.8 Å². The van der Waals surface area contributed by atoms with Crippen LogP contribution in [0, 0.1) is 5.92 Å². The summed E-state index contributed by atoms with van der Waals surface area (Å²) in [5, 5.41) is 13.3. The molecular formula is C26H31N5O2. The smallest absolute Gasteiger partial charge is 0.274 e. The molecule has 2 atom stereocenters. The molecule has 0 aliphatic carbocycles. The fraction of sp³-hybridized carbons (Fsp3) is 0.346. The lowest BCUT2D eigenvalue weighted by molar-refractivity contribution is 0.102. The van der Waals surface area contributed by atoms with Crippen LogP contribution in [0.2, 0.25) is 0 Å². The average molecular weight is 446 g/mol. The summed E-state index contributed by atoms with van der Waals surface area (Å²) in [7, 11) is 0. The van der Waals surface area contributed by atoms with Crippen LogP contribution in [0.25, 0.3) is 12.2 Å².